The summed E-state index contributed by atoms with van der Waals surface area (Å²) < 4.78 is 11.0. The average Bonchev–Trinajstić information content (AvgIpc) is 2.68. The van der Waals surface area contributed by atoms with Crippen molar-refractivity contribution in [1.29, 1.82) is 0 Å². The molecule has 0 saturated carbocycles. The third-order valence-electron chi connectivity index (χ3n) is 4.96. The fraction of sp³-hybridized carbons (Fsp3) is 0.579. The Morgan fingerprint density at radius 1 is 1.26 bits per heavy atom. The Kier molecular flexibility index (Phi) is 8.19. The summed E-state index contributed by atoms with van der Waals surface area (Å²) in [5.74, 6) is 1.52. The number of methoxy groups -OCH3 is 1. The normalized spacial score (nSPS) is 20.0. The largest absolute Gasteiger partial charge is 0.493 e. The number of nitrogens with one attached hydrogen (secondary N) is 1. The lowest BCUT2D eigenvalue weighted by atomic mass is 10.0. The molecule has 2 heterocycles. The molecular weight excluding hydrogens is 370 g/mol. The molecule has 8 heteroatoms. The number of rotatable bonds is 6. The molecule has 0 bridgehead atoms. The molecule has 2 aliphatic heterocycles. The number of amides is 2. The van der Waals surface area contributed by atoms with Gasteiger partial charge in [0, 0.05) is 32.2 Å². The summed E-state index contributed by atoms with van der Waals surface area (Å²) >= 11 is 0. The maximum absolute atomic E-state index is 12.6. The number of ether oxygens (including phenoxy) is 2. The van der Waals surface area contributed by atoms with Crippen molar-refractivity contribution < 1.29 is 19.1 Å². The van der Waals surface area contributed by atoms with E-state index in [0.717, 1.165) is 32.5 Å². The van der Waals surface area contributed by atoms with E-state index in [1.807, 2.05) is 34.1 Å². The van der Waals surface area contributed by atoms with E-state index >= 15 is 0 Å². The molecule has 2 amide bonds. The van der Waals surface area contributed by atoms with Gasteiger partial charge < -0.3 is 24.6 Å². The van der Waals surface area contributed by atoms with Gasteiger partial charge in [0.2, 0.25) is 11.8 Å². The molecule has 1 aromatic rings. The van der Waals surface area contributed by atoms with Crippen molar-refractivity contribution in [3.05, 3.63) is 24.3 Å². The van der Waals surface area contributed by atoms with E-state index in [2.05, 4.69) is 5.32 Å². The monoisotopic (exact) mass is 397 g/mol. The van der Waals surface area contributed by atoms with Gasteiger partial charge in [-0.15, -0.1) is 12.4 Å². The van der Waals surface area contributed by atoms with Gasteiger partial charge in [-0.3, -0.25) is 9.59 Å². The minimum absolute atomic E-state index is 0. The number of hydrogen-bond donors (Lipinski definition) is 1. The molecule has 0 aromatic heterocycles. The van der Waals surface area contributed by atoms with Gasteiger partial charge >= 0.3 is 0 Å². The van der Waals surface area contributed by atoms with Gasteiger partial charge in [-0.1, -0.05) is 12.1 Å². The summed E-state index contributed by atoms with van der Waals surface area (Å²) in [6.45, 7) is 3.64. The first-order valence-electron chi connectivity index (χ1n) is 9.23. The van der Waals surface area contributed by atoms with Crippen LogP contribution in [-0.4, -0.2) is 74.1 Å². The number of benzene rings is 1. The van der Waals surface area contributed by atoms with Crippen LogP contribution in [0.15, 0.2) is 24.3 Å². The Morgan fingerprint density at radius 3 is 2.78 bits per heavy atom. The van der Waals surface area contributed by atoms with Gasteiger partial charge in [0.1, 0.15) is 0 Å². The number of hydrogen-bond acceptors (Lipinski definition) is 5. The van der Waals surface area contributed by atoms with Crippen LogP contribution in [0.5, 0.6) is 11.5 Å². The predicted molar refractivity (Wildman–Crippen MR) is 105 cm³/mol. The lowest BCUT2D eigenvalue weighted by molar-refractivity contribution is -0.140. The molecule has 0 aliphatic carbocycles. The first-order valence-corrected chi connectivity index (χ1v) is 9.23. The number of nitrogens with zero attached hydrogens (tertiary/aromatic N) is 2. The van der Waals surface area contributed by atoms with E-state index in [9.17, 15) is 9.59 Å². The molecule has 2 fully saturated rings. The van der Waals surface area contributed by atoms with E-state index in [0.29, 0.717) is 37.6 Å². The molecular formula is C19H28ClN3O4. The lowest BCUT2D eigenvalue weighted by Gasteiger charge is -2.41. The van der Waals surface area contributed by atoms with Gasteiger partial charge in [0.05, 0.1) is 26.7 Å². The Bertz CT molecular complexity index is 643. The maximum atomic E-state index is 12.6. The number of piperazine rings is 1. The van der Waals surface area contributed by atoms with Crippen LogP contribution >= 0.6 is 12.4 Å². The van der Waals surface area contributed by atoms with Crippen molar-refractivity contribution in [2.45, 2.75) is 25.3 Å². The fourth-order valence-corrected chi connectivity index (χ4v) is 3.59. The Hall–Kier alpha value is -1.99. The van der Waals surface area contributed by atoms with E-state index in [1.54, 1.807) is 7.11 Å². The topological polar surface area (TPSA) is 71.1 Å². The molecule has 2 aliphatic rings. The molecule has 1 N–H and O–H groups in total. The summed E-state index contributed by atoms with van der Waals surface area (Å²) in [4.78, 5) is 28.4. The van der Waals surface area contributed by atoms with Crippen LogP contribution < -0.4 is 14.8 Å². The Labute approximate surface area is 166 Å². The Balaban J connectivity index is 0.00000261. The quantitative estimate of drug-likeness (QED) is 0.783. The maximum Gasteiger partial charge on any atom is 0.236 e. The molecule has 1 aromatic carbocycles. The van der Waals surface area contributed by atoms with Gasteiger partial charge in [-0.2, -0.15) is 0 Å². The molecule has 0 radical (unpaired) electrons. The molecule has 7 nitrogen and oxygen atoms in total. The predicted octanol–water partition coefficient (Wildman–Crippen LogP) is 1.31. The van der Waals surface area contributed by atoms with Crippen LogP contribution in [0.4, 0.5) is 0 Å². The molecule has 0 spiro atoms. The van der Waals surface area contributed by atoms with Crippen molar-refractivity contribution in [3.8, 4) is 11.5 Å². The van der Waals surface area contributed by atoms with Crippen molar-refractivity contribution in [3.63, 3.8) is 0 Å². The van der Waals surface area contributed by atoms with Gasteiger partial charge in [0.15, 0.2) is 11.5 Å². The van der Waals surface area contributed by atoms with Crippen LogP contribution in [0.2, 0.25) is 0 Å². The summed E-state index contributed by atoms with van der Waals surface area (Å²) in [6, 6.07) is 7.55. The Morgan fingerprint density at radius 2 is 2.04 bits per heavy atom. The minimum atomic E-state index is 0. The highest BCUT2D eigenvalue weighted by Crippen LogP contribution is 2.26. The zero-order chi connectivity index (χ0) is 18.4. The van der Waals surface area contributed by atoms with Crippen molar-refractivity contribution in [2.24, 2.45) is 0 Å². The van der Waals surface area contributed by atoms with Crippen LogP contribution in [-0.2, 0) is 9.59 Å². The van der Waals surface area contributed by atoms with Crippen molar-refractivity contribution in [2.75, 3.05) is 46.4 Å². The van der Waals surface area contributed by atoms with E-state index in [-0.39, 0.29) is 30.3 Å². The highest BCUT2D eigenvalue weighted by molar-refractivity contribution is 5.85. The van der Waals surface area contributed by atoms with Crippen LogP contribution in [0, 0.1) is 0 Å². The zero-order valence-corrected chi connectivity index (χ0v) is 16.5. The third kappa shape index (κ3) is 5.49. The molecule has 150 valence electrons. The van der Waals surface area contributed by atoms with Crippen LogP contribution in [0.3, 0.4) is 0 Å². The fourth-order valence-electron chi connectivity index (χ4n) is 3.59. The second-order valence-corrected chi connectivity index (χ2v) is 6.65. The van der Waals surface area contributed by atoms with E-state index in [1.165, 1.54) is 0 Å². The van der Waals surface area contributed by atoms with Crippen LogP contribution in [0.1, 0.15) is 19.3 Å². The second-order valence-electron chi connectivity index (χ2n) is 6.65. The van der Waals surface area contributed by atoms with Gasteiger partial charge in [0.25, 0.3) is 0 Å². The van der Waals surface area contributed by atoms with Crippen molar-refractivity contribution >= 4 is 24.2 Å². The van der Waals surface area contributed by atoms with E-state index < -0.39 is 0 Å². The number of carbonyl (C=O) groups excluding carboxylic acids is 2. The number of piperidine rings is 1. The van der Waals surface area contributed by atoms with Gasteiger partial charge in [-0.25, -0.2) is 0 Å². The second kappa shape index (κ2) is 10.4. The highest BCUT2D eigenvalue weighted by Gasteiger charge is 2.31. The third-order valence-corrected chi connectivity index (χ3v) is 4.96. The van der Waals surface area contributed by atoms with Crippen molar-refractivity contribution in [1.82, 2.24) is 15.1 Å². The average molecular weight is 398 g/mol. The summed E-state index contributed by atoms with van der Waals surface area (Å²) in [7, 11) is 1.60. The standard InChI is InChI=1S/C19H27N3O4.ClH/c1-25-16-6-2-3-7-17(16)26-12-8-18(23)21-10-4-5-15(14-21)22-11-9-20-13-19(22)24;/h2-3,6-7,15,20H,4-5,8-14H2,1H3;1H. The number of halogens is 1. The SMILES string of the molecule is COc1ccccc1OCCC(=O)N1CCCC(N2CCNCC2=O)C1.Cl. The minimum Gasteiger partial charge on any atom is -0.493 e. The molecule has 3 rings (SSSR count). The van der Waals surface area contributed by atoms with Crippen LogP contribution in [0.25, 0.3) is 0 Å². The first-order chi connectivity index (χ1) is 12.7. The highest BCUT2D eigenvalue weighted by atomic mass is 35.5. The summed E-state index contributed by atoms with van der Waals surface area (Å²) in [5.41, 5.74) is 0. The molecule has 1 unspecified atom stereocenters. The number of carbonyl (C=O) groups is 2. The number of likely N-dealkylation sites (tertiary alicyclic amines) is 1. The first kappa shape index (κ1) is 21.3. The number of para-hydroxylation sites is 2. The van der Waals surface area contributed by atoms with E-state index in [4.69, 9.17) is 9.47 Å². The molecule has 2 saturated heterocycles. The molecule has 27 heavy (non-hydrogen) atoms. The summed E-state index contributed by atoms with van der Waals surface area (Å²) in [5, 5.41) is 3.09. The van der Waals surface area contributed by atoms with Gasteiger partial charge in [-0.05, 0) is 25.0 Å². The molecule has 1 atom stereocenters. The lowest BCUT2D eigenvalue weighted by Crippen LogP contribution is -2.57. The zero-order valence-electron chi connectivity index (χ0n) is 15.7. The summed E-state index contributed by atoms with van der Waals surface area (Å²) in [6.07, 6.45) is 2.22. The smallest absolute Gasteiger partial charge is 0.236 e.